The number of hydrogen-bond donors (Lipinski definition) is 1. The van der Waals surface area contributed by atoms with Gasteiger partial charge in [-0.2, -0.15) is 0 Å². The van der Waals surface area contributed by atoms with Gasteiger partial charge >= 0.3 is 0 Å². The minimum Gasteiger partial charge on any atom is -0.494 e. The molecule has 0 spiro atoms. The van der Waals surface area contributed by atoms with Crippen molar-refractivity contribution < 1.29 is 9.13 Å². The van der Waals surface area contributed by atoms with Crippen LogP contribution in [0.4, 0.5) is 4.39 Å². The third kappa shape index (κ3) is 2.48. The van der Waals surface area contributed by atoms with Crippen molar-refractivity contribution in [3.8, 4) is 5.75 Å². The third-order valence-electron chi connectivity index (χ3n) is 2.83. The highest BCUT2D eigenvalue weighted by atomic mass is 19.1. The summed E-state index contributed by atoms with van der Waals surface area (Å²) in [6, 6.07) is 4.81. The van der Waals surface area contributed by atoms with E-state index in [0.29, 0.717) is 5.56 Å². The van der Waals surface area contributed by atoms with Crippen molar-refractivity contribution >= 4 is 0 Å². The van der Waals surface area contributed by atoms with Gasteiger partial charge < -0.3 is 10.5 Å². The molecule has 0 radical (unpaired) electrons. The van der Waals surface area contributed by atoms with Gasteiger partial charge in [0.15, 0.2) is 11.6 Å². The molecule has 2 nitrogen and oxygen atoms in total. The second-order valence-corrected chi connectivity index (χ2v) is 3.77. The second-order valence-electron chi connectivity index (χ2n) is 3.77. The van der Waals surface area contributed by atoms with Crippen LogP contribution in [0.1, 0.15) is 31.9 Å². The third-order valence-corrected chi connectivity index (χ3v) is 2.83. The van der Waals surface area contributed by atoms with Crippen LogP contribution in [0.15, 0.2) is 18.2 Å². The lowest BCUT2D eigenvalue weighted by Crippen LogP contribution is -2.20. The zero-order chi connectivity index (χ0) is 11.4. The molecule has 0 saturated carbocycles. The molecule has 0 fully saturated rings. The van der Waals surface area contributed by atoms with E-state index in [1.54, 1.807) is 18.2 Å². The Morgan fingerprint density at radius 3 is 2.67 bits per heavy atom. The van der Waals surface area contributed by atoms with Gasteiger partial charge in [0.25, 0.3) is 0 Å². The molecule has 15 heavy (non-hydrogen) atoms. The van der Waals surface area contributed by atoms with E-state index in [-0.39, 0.29) is 23.5 Å². The molecule has 1 aromatic rings. The summed E-state index contributed by atoms with van der Waals surface area (Å²) in [5.41, 5.74) is 6.51. The zero-order valence-corrected chi connectivity index (χ0v) is 9.46. The average Bonchev–Trinajstić information content (AvgIpc) is 2.27. The number of benzene rings is 1. The normalized spacial score (nSPS) is 14.7. The molecule has 0 bridgehead atoms. The Hall–Kier alpha value is -1.09. The van der Waals surface area contributed by atoms with Crippen LogP contribution in [-0.4, -0.2) is 7.11 Å². The maximum Gasteiger partial charge on any atom is 0.169 e. The van der Waals surface area contributed by atoms with Crippen molar-refractivity contribution in [3.63, 3.8) is 0 Å². The molecule has 0 aliphatic rings. The smallest absolute Gasteiger partial charge is 0.169 e. The van der Waals surface area contributed by atoms with E-state index in [4.69, 9.17) is 10.5 Å². The lowest BCUT2D eigenvalue weighted by molar-refractivity contribution is 0.374. The van der Waals surface area contributed by atoms with Crippen LogP contribution < -0.4 is 10.5 Å². The molecule has 3 heteroatoms. The predicted molar refractivity (Wildman–Crippen MR) is 59.3 cm³/mol. The molecule has 2 atom stereocenters. The van der Waals surface area contributed by atoms with Gasteiger partial charge in [0.1, 0.15) is 0 Å². The van der Waals surface area contributed by atoms with Crippen molar-refractivity contribution in [1.82, 2.24) is 0 Å². The molecule has 2 N–H and O–H groups in total. The quantitative estimate of drug-likeness (QED) is 0.831. The van der Waals surface area contributed by atoms with Crippen molar-refractivity contribution in [2.24, 2.45) is 11.7 Å². The van der Waals surface area contributed by atoms with Gasteiger partial charge in [-0.05, 0) is 12.0 Å². The van der Waals surface area contributed by atoms with E-state index < -0.39 is 0 Å². The fourth-order valence-corrected chi connectivity index (χ4v) is 1.50. The lowest BCUT2D eigenvalue weighted by atomic mass is 9.93. The Morgan fingerprint density at radius 2 is 2.13 bits per heavy atom. The summed E-state index contributed by atoms with van der Waals surface area (Å²) in [5.74, 6) is 0.172. The van der Waals surface area contributed by atoms with Gasteiger partial charge in [-0.15, -0.1) is 0 Å². The second kappa shape index (κ2) is 5.12. The number of nitrogens with two attached hydrogens (primary N) is 1. The topological polar surface area (TPSA) is 35.2 Å². The first-order chi connectivity index (χ1) is 7.11. The molecule has 1 aromatic carbocycles. The van der Waals surface area contributed by atoms with Crippen molar-refractivity contribution in [2.75, 3.05) is 7.11 Å². The Labute approximate surface area is 90.2 Å². The van der Waals surface area contributed by atoms with Crippen molar-refractivity contribution in [3.05, 3.63) is 29.6 Å². The Kier molecular flexibility index (Phi) is 4.09. The van der Waals surface area contributed by atoms with E-state index in [2.05, 4.69) is 0 Å². The van der Waals surface area contributed by atoms with E-state index in [1.165, 1.54) is 7.11 Å². The summed E-state index contributed by atoms with van der Waals surface area (Å²) < 4.78 is 18.7. The van der Waals surface area contributed by atoms with Crippen LogP contribution in [0.2, 0.25) is 0 Å². The summed E-state index contributed by atoms with van der Waals surface area (Å²) in [6.45, 7) is 4.06. The van der Waals surface area contributed by atoms with Gasteiger partial charge in [0.2, 0.25) is 0 Å². The highest BCUT2D eigenvalue weighted by Crippen LogP contribution is 2.28. The first-order valence-corrected chi connectivity index (χ1v) is 5.19. The summed E-state index contributed by atoms with van der Waals surface area (Å²) >= 11 is 0. The SMILES string of the molecule is CCC(C)[C@@H](N)c1cccc(OC)c1F. The fourth-order valence-electron chi connectivity index (χ4n) is 1.50. The van der Waals surface area contributed by atoms with Crippen LogP contribution in [0.5, 0.6) is 5.75 Å². The molecule has 0 aromatic heterocycles. The number of rotatable bonds is 4. The van der Waals surface area contributed by atoms with Crippen LogP contribution >= 0.6 is 0 Å². The van der Waals surface area contributed by atoms with Gasteiger partial charge in [-0.25, -0.2) is 4.39 Å². The largest absolute Gasteiger partial charge is 0.494 e. The first kappa shape index (κ1) is 12.0. The van der Waals surface area contributed by atoms with Crippen molar-refractivity contribution in [1.29, 1.82) is 0 Å². The van der Waals surface area contributed by atoms with Gasteiger partial charge in [0.05, 0.1) is 7.11 Å². The van der Waals surface area contributed by atoms with E-state index >= 15 is 0 Å². The standard InChI is InChI=1S/C12H18FNO/c1-4-8(2)12(14)9-6-5-7-10(15-3)11(9)13/h5-8,12H,4,14H2,1-3H3/t8?,12-/m1/s1. The summed E-state index contributed by atoms with van der Waals surface area (Å²) in [6.07, 6.45) is 0.928. The van der Waals surface area contributed by atoms with Crippen molar-refractivity contribution in [2.45, 2.75) is 26.3 Å². The highest BCUT2D eigenvalue weighted by molar-refractivity contribution is 5.33. The molecule has 0 heterocycles. The highest BCUT2D eigenvalue weighted by Gasteiger charge is 2.18. The molecule has 1 unspecified atom stereocenters. The minimum atomic E-state index is -0.340. The van der Waals surface area contributed by atoms with Gasteiger partial charge in [0, 0.05) is 11.6 Å². The van der Waals surface area contributed by atoms with E-state index in [1.807, 2.05) is 13.8 Å². The number of hydrogen-bond acceptors (Lipinski definition) is 2. The lowest BCUT2D eigenvalue weighted by Gasteiger charge is -2.20. The van der Waals surface area contributed by atoms with Crippen LogP contribution in [-0.2, 0) is 0 Å². The summed E-state index contributed by atoms with van der Waals surface area (Å²) in [7, 11) is 1.46. The maximum absolute atomic E-state index is 13.8. The summed E-state index contributed by atoms with van der Waals surface area (Å²) in [5, 5.41) is 0. The number of methoxy groups -OCH3 is 1. The van der Waals surface area contributed by atoms with E-state index in [9.17, 15) is 4.39 Å². The van der Waals surface area contributed by atoms with Crippen LogP contribution in [0.3, 0.4) is 0 Å². The predicted octanol–water partition coefficient (Wildman–Crippen LogP) is 2.88. The average molecular weight is 211 g/mol. The summed E-state index contributed by atoms with van der Waals surface area (Å²) in [4.78, 5) is 0. The Bertz CT molecular complexity index is 327. The molecule has 0 aliphatic heterocycles. The number of ether oxygens (including phenoxy) is 1. The van der Waals surface area contributed by atoms with Gasteiger partial charge in [-0.3, -0.25) is 0 Å². The molecule has 84 valence electrons. The van der Waals surface area contributed by atoms with E-state index in [0.717, 1.165) is 6.42 Å². The fraction of sp³-hybridized carbons (Fsp3) is 0.500. The minimum absolute atomic E-state index is 0.256. The first-order valence-electron chi connectivity index (χ1n) is 5.19. The van der Waals surface area contributed by atoms with Gasteiger partial charge in [-0.1, -0.05) is 32.4 Å². The zero-order valence-electron chi connectivity index (χ0n) is 9.46. The Balaban J connectivity index is 3.03. The molecule has 0 aliphatic carbocycles. The molecular weight excluding hydrogens is 193 g/mol. The molecule has 0 saturated heterocycles. The number of halogens is 1. The molecular formula is C12H18FNO. The van der Waals surface area contributed by atoms with Crippen LogP contribution in [0, 0.1) is 11.7 Å². The monoisotopic (exact) mass is 211 g/mol. The van der Waals surface area contributed by atoms with Crippen LogP contribution in [0.25, 0.3) is 0 Å². The Morgan fingerprint density at radius 1 is 1.47 bits per heavy atom. The maximum atomic E-state index is 13.8. The molecule has 1 rings (SSSR count). The molecule has 0 amide bonds.